The van der Waals surface area contributed by atoms with Crippen LogP contribution in [0.1, 0.15) is 129 Å². The third-order valence-corrected chi connectivity index (χ3v) is 6.40. The molecule has 1 unspecified atom stereocenters. The molecule has 0 aromatic carbocycles. The van der Waals surface area contributed by atoms with E-state index in [9.17, 15) is 0 Å². The van der Waals surface area contributed by atoms with Crippen molar-refractivity contribution in [3.05, 3.63) is 12.7 Å². The first-order valence-corrected chi connectivity index (χ1v) is 12.9. The van der Waals surface area contributed by atoms with E-state index >= 15 is 0 Å². The molecule has 0 N–H and O–H groups in total. The highest BCUT2D eigenvalue weighted by atomic mass is 79.9. The lowest BCUT2D eigenvalue weighted by molar-refractivity contribution is -0.890. The first kappa shape index (κ1) is 31.4. The summed E-state index contributed by atoms with van der Waals surface area (Å²) >= 11 is 0. The van der Waals surface area contributed by atoms with Gasteiger partial charge in [-0.3, -0.25) is 0 Å². The minimum absolute atomic E-state index is 0. The second-order valence-corrected chi connectivity index (χ2v) is 10.1. The Hall–Kier alpha value is 0.180. The van der Waals surface area contributed by atoms with Crippen LogP contribution in [0.15, 0.2) is 12.7 Å². The Labute approximate surface area is 196 Å². The smallest absolute Gasteiger partial charge is 0.0782 e. The molecule has 0 bridgehead atoms. The van der Waals surface area contributed by atoms with Crippen LogP contribution in [0.5, 0.6) is 0 Å². The van der Waals surface area contributed by atoms with Crippen molar-refractivity contribution < 1.29 is 21.5 Å². The van der Waals surface area contributed by atoms with Gasteiger partial charge >= 0.3 is 0 Å². The van der Waals surface area contributed by atoms with Gasteiger partial charge < -0.3 is 21.5 Å². The van der Waals surface area contributed by atoms with E-state index in [4.69, 9.17) is 0 Å². The molecule has 176 valence electrons. The first-order valence-electron chi connectivity index (χ1n) is 12.9. The lowest BCUT2D eigenvalue weighted by atomic mass is 10.0. The van der Waals surface area contributed by atoms with E-state index in [1.807, 2.05) is 0 Å². The van der Waals surface area contributed by atoms with Crippen molar-refractivity contribution in [1.29, 1.82) is 0 Å². The molecule has 0 spiro atoms. The quantitative estimate of drug-likeness (QED) is 0.104. The molecule has 0 aromatic heterocycles. The summed E-state index contributed by atoms with van der Waals surface area (Å²) in [7, 11) is 4.85. The van der Waals surface area contributed by atoms with Gasteiger partial charge in [-0.1, -0.05) is 103 Å². The summed E-state index contributed by atoms with van der Waals surface area (Å²) < 4.78 is 1.22. The molecule has 29 heavy (non-hydrogen) atoms. The van der Waals surface area contributed by atoms with Gasteiger partial charge in [0.1, 0.15) is 0 Å². The van der Waals surface area contributed by atoms with Gasteiger partial charge in [0.15, 0.2) is 0 Å². The van der Waals surface area contributed by atoms with E-state index in [-0.39, 0.29) is 17.0 Å². The van der Waals surface area contributed by atoms with E-state index in [0.29, 0.717) is 0 Å². The molecule has 0 aliphatic rings. The van der Waals surface area contributed by atoms with Crippen LogP contribution in [0.25, 0.3) is 0 Å². The maximum absolute atomic E-state index is 3.85. The Balaban J connectivity index is 0. The van der Waals surface area contributed by atoms with Crippen molar-refractivity contribution in [3.63, 3.8) is 0 Å². The number of hydrogen-bond donors (Lipinski definition) is 0. The molecule has 0 saturated heterocycles. The van der Waals surface area contributed by atoms with E-state index in [1.54, 1.807) is 0 Å². The predicted molar refractivity (Wildman–Crippen MR) is 130 cm³/mol. The van der Waals surface area contributed by atoms with Gasteiger partial charge in [-0.2, -0.15) is 0 Å². The Morgan fingerprint density at radius 3 is 1.45 bits per heavy atom. The highest BCUT2D eigenvalue weighted by molar-refractivity contribution is 4.70. The van der Waals surface area contributed by atoms with Gasteiger partial charge in [0.05, 0.1) is 27.2 Å². The van der Waals surface area contributed by atoms with Crippen LogP contribution >= 0.6 is 0 Å². The van der Waals surface area contributed by atoms with Gasteiger partial charge in [-0.15, -0.1) is 6.58 Å². The summed E-state index contributed by atoms with van der Waals surface area (Å²) in [6, 6.07) is 0. The first-order chi connectivity index (χ1) is 13.5. The summed E-state index contributed by atoms with van der Waals surface area (Å²) in [5, 5.41) is 0. The molecule has 0 aliphatic heterocycles. The molecule has 0 radical (unpaired) electrons. The Morgan fingerprint density at radius 2 is 1.03 bits per heavy atom. The average Bonchev–Trinajstić information content (AvgIpc) is 2.66. The standard InChI is InChI=1S/C27H56N.BrH/c1-6-8-9-10-11-12-13-14-15-16-17-18-19-21-25-28(4,5)26-22-20-24-27(3)23-7-2;/h7,27H,2,6,8-26H2,1,3-5H3;1H/q+1;/p-1. The molecule has 0 aliphatic carbocycles. The third kappa shape index (κ3) is 24.3. The SMILES string of the molecule is C=CCC(C)CCCC[N+](C)(C)CCCCCCCCCCCCCCCC.[Br-]. The van der Waals surface area contributed by atoms with Gasteiger partial charge in [-0.05, 0) is 38.0 Å². The van der Waals surface area contributed by atoms with Crippen LogP contribution in [-0.2, 0) is 0 Å². The predicted octanol–water partition coefficient (Wildman–Crippen LogP) is 5.93. The molecule has 0 rings (SSSR count). The zero-order valence-electron chi connectivity index (χ0n) is 20.8. The molecule has 0 aromatic rings. The Bertz CT molecular complexity index is 326. The highest BCUT2D eigenvalue weighted by Gasteiger charge is 2.14. The van der Waals surface area contributed by atoms with Gasteiger partial charge in [-0.25, -0.2) is 0 Å². The minimum atomic E-state index is 0. The molecular weight excluding hydrogens is 418 g/mol. The van der Waals surface area contributed by atoms with Crippen molar-refractivity contribution in [2.45, 2.75) is 129 Å². The Morgan fingerprint density at radius 1 is 0.655 bits per heavy atom. The average molecular weight is 475 g/mol. The zero-order valence-corrected chi connectivity index (χ0v) is 22.4. The van der Waals surface area contributed by atoms with Crippen molar-refractivity contribution in [1.82, 2.24) is 0 Å². The van der Waals surface area contributed by atoms with E-state index in [1.165, 1.54) is 133 Å². The minimum Gasteiger partial charge on any atom is -1.00 e. The van der Waals surface area contributed by atoms with E-state index in [2.05, 4.69) is 40.6 Å². The molecule has 0 amide bonds. The number of quaternary nitrogens is 1. The van der Waals surface area contributed by atoms with Crippen molar-refractivity contribution in [2.75, 3.05) is 27.2 Å². The van der Waals surface area contributed by atoms with Crippen molar-refractivity contribution in [2.24, 2.45) is 5.92 Å². The normalized spacial score (nSPS) is 12.6. The monoisotopic (exact) mass is 473 g/mol. The van der Waals surface area contributed by atoms with Crippen LogP contribution in [0.3, 0.4) is 0 Å². The largest absolute Gasteiger partial charge is 1.00 e. The zero-order chi connectivity index (χ0) is 20.9. The maximum atomic E-state index is 3.85. The fourth-order valence-corrected chi connectivity index (χ4v) is 4.28. The van der Waals surface area contributed by atoms with Crippen LogP contribution in [0.2, 0.25) is 0 Å². The molecule has 1 atom stereocenters. The molecule has 0 fully saturated rings. The lowest BCUT2D eigenvalue weighted by Crippen LogP contribution is -3.00. The Kier molecular flexibility index (Phi) is 24.7. The van der Waals surface area contributed by atoms with Crippen LogP contribution in [-0.4, -0.2) is 31.7 Å². The highest BCUT2D eigenvalue weighted by Crippen LogP contribution is 2.15. The second kappa shape index (κ2) is 22.9. The number of rotatable bonds is 22. The van der Waals surface area contributed by atoms with Crippen LogP contribution < -0.4 is 17.0 Å². The number of halogens is 1. The van der Waals surface area contributed by atoms with Gasteiger partial charge in [0.25, 0.3) is 0 Å². The fourth-order valence-electron chi connectivity index (χ4n) is 4.28. The van der Waals surface area contributed by atoms with E-state index in [0.717, 1.165) is 5.92 Å². The lowest BCUT2D eigenvalue weighted by Gasteiger charge is -2.30. The molecule has 1 nitrogen and oxygen atoms in total. The number of unbranched alkanes of at least 4 members (excludes halogenated alkanes) is 14. The molecular formula is C27H56BrN. The number of allylic oxidation sites excluding steroid dienone is 1. The van der Waals surface area contributed by atoms with Crippen molar-refractivity contribution in [3.8, 4) is 0 Å². The summed E-state index contributed by atoms with van der Waals surface area (Å²) in [4.78, 5) is 0. The van der Waals surface area contributed by atoms with Gasteiger partial charge in [0, 0.05) is 0 Å². The van der Waals surface area contributed by atoms with E-state index < -0.39 is 0 Å². The van der Waals surface area contributed by atoms with Crippen LogP contribution in [0.4, 0.5) is 0 Å². The van der Waals surface area contributed by atoms with Crippen LogP contribution in [0, 0.1) is 5.92 Å². The number of hydrogen-bond acceptors (Lipinski definition) is 0. The van der Waals surface area contributed by atoms with Crippen molar-refractivity contribution >= 4 is 0 Å². The summed E-state index contributed by atoms with van der Waals surface area (Å²) in [5.74, 6) is 0.818. The molecule has 2 heteroatoms. The fraction of sp³-hybridized carbons (Fsp3) is 0.926. The summed E-state index contributed by atoms with van der Waals surface area (Å²) in [6.07, 6.45) is 27.7. The maximum Gasteiger partial charge on any atom is 0.0782 e. The topological polar surface area (TPSA) is 0 Å². The number of nitrogens with zero attached hydrogens (tertiary/aromatic N) is 1. The second-order valence-electron chi connectivity index (χ2n) is 10.1. The summed E-state index contributed by atoms with van der Waals surface area (Å²) in [6.45, 7) is 11.2. The molecule has 0 heterocycles. The van der Waals surface area contributed by atoms with Gasteiger partial charge in [0.2, 0.25) is 0 Å². The molecule has 0 saturated carbocycles. The summed E-state index contributed by atoms with van der Waals surface area (Å²) in [5.41, 5.74) is 0. The third-order valence-electron chi connectivity index (χ3n) is 6.40.